The predicted octanol–water partition coefficient (Wildman–Crippen LogP) is 5.84. The van der Waals surface area contributed by atoms with Gasteiger partial charge in [0, 0.05) is 53.9 Å². The summed E-state index contributed by atoms with van der Waals surface area (Å²) in [5, 5.41) is 0. The third-order valence-corrected chi connectivity index (χ3v) is 7.41. The number of para-hydroxylation sites is 4. The first-order chi connectivity index (χ1) is 17.7. The monoisotopic (exact) mass is 463 g/mol. The van der Waals surface area contributed by atoms with Gasteiger partial charge in [-0.05, 0) is 64.9 Å². The minimum Gasteiger partial charge on any atom is -0.378 e. The van der Waals surface area contributed by atoms with E-state index in [1.807, 2.05) is 0 Å². The molecular formula is C32H26BN3. The molecule has 172 valence electrons. The van der Waals surface area contributed by atoms with Crippen LogP contribution in [-0.4, -0.2) is 20.8 Å². The molecule has 5 aromatic carbocycles. The SMILES string of the molecule is CN(C)c1cc2c3c(c1)N(c1ccccc1)c1ccccc1B3c1ccccc1N2c1ccccc1. The van der Waals surface area contributed by atoms with Crippen molar-refractivity contribution in [3.8, 4) is 0 Å². The number of anilines is 7. The van der Waals surface area contributed by atoms with Crippen LogP contribution in [-0.2, 0) is 0 Å². The second kappa shape index (κ2) is 8.06. The molecular weight excluding hydrogens is 437 g/mol. The van der Waals surface area contributed by atoms with Gasteiger partial charge in [-0.2, -0.15) is 0 Å². The molecule has 2 aliphatic rings. The van der Waals surface area contributed by atoms with Crippen molar-refractivity contribution < 1.29 is 0 Å². The van der Waals surface area contributed by atoms with Crippen LogP contribution in [0.15, 0.2) is 121 Å². The lowest BCUT2D eigenvalue weighted by Gasteiger charge is -2.44. The van der Waals surface area contributed by atoms with E-state index in [1.165, 1.54) is 56.2 Å². The fourth-order valence-electron chi connectivity index (χ4n) is 5.85. The number of nitrogens with zero attached hydrogens (tertiary/aromatic N) is 3. The topological polar surface area (TPSA) is 9.72 Å². The fourth-order valence-corrected chi connectivity index (χ4v) is 5.85. The Labute approximate surface area is 212 Å². The lowest BCUT2D eigenvalue weighted by molar-refractivity contribution is 1.12. The first-order valence-corrected chi connectivity index (χ1v) is 12.5. The normalized spacial score (nSPS) is 13.1. The first kappa shape index (κ1) is 20.9. The maximum atomic E-state index is 2.44. The fraction of sp³-hybridized carbons (Fsp3) is 0.0625. The molecule has 3 nitrogen and oxygen atoms in total. The van der Waals surface area contributed by atoms with Crippen LogP contribution in [0.4, 0.5) is 39.8 Å². The molecule has 0 saturated carbocycles. The highest BCUT2D eigenvalue weighted by Gasteiger charge is 2.43. The van der Waals surface area contributed by atoms with E-state index in [4.69, 9.17) is 0 Å². The summed E-state index contributed by atoms with van der Waals surface area (Å²) in [4.78, 5) is 7.09. The summed E-state index contributed by atoms with van der Waals surface area (Å²) in [5.74, 6) is 0. The summed E-state index contributed by atoms with van der Waals surface area (Å²) >= 11 is 0. The van der Waals surface area contributed by atoms with Crippen molar-refractivity contribution >= 4 is 62.9 Å². The third-order valence-electron chi connectivity index (χ3n) is 7.41. The van der Waals surface area contributed by atoms with Crippen LogP contribution in [0.2, 0.25) is 0 Å². The van der Waals surface area contributed by atoms with Gasteiger partial charge in [-0.25, -0.2) is 0 Å². The van der Waals surface area contributed by atoms with Crippen molar-refractivity contribution in [1.82, 2.24) is 0 Å². The number of hydrogen-bond acceptors (Lipinski definition) is 3. The average molecular weight is 463 g/mol. The number of benzene rings is 5. The molecule has 0 N–H and O–H groups in total. The van der Waals surface area contributed by atoms with Crippen LogP contribution in [0.25, 0.3) is 0 Å². The van der Waals surface area contributed by atoms with Crippen molar-refractivity contribution in [3.63, 3.8) is 0 Å². The van der Waals surface area contributed by atoms with Gasteiger partial charge in [0.15, 0.2) is 0 Å². The van der Waals surface area contributed by atoms with Crippen LogP contribution in [0.1, 0.15) is 0 Å². The van der Waals surface area contributed by atoms with Crippen LogP contribution in [0.3, 0.4) is 0 Å². The van der Waals surface area contributed by atoms with Gasteiger partial charge < -0.3 is 14.7 Å². The predicted molar refractivity (Wildman–Crippen MR) is 155 cm³/mol. The maximum Gasteiger partial charge on any atom is 0.252 e. The molecule has 4 heteroatoms. The minimum atomic E-state index is 0.165. The zero-order valence-electron chi connectivity index (χ0n) is 20.5. The highest BCUT2D eigenvalue weighted by atomic mass is 15.2. The largest absolute Gasteiger partial charge is 0.378 e. The second-order valence-corrected chi connectivity index (χ2v) is 9.68. The molecule has 36 heavy (non-hydrogen) atoms. The van der Waals surface area contributed by atoms with Crippen molar-refractivity contribution in [2.75, 3.05) is 28.8 Å². The van der Waals surface area contributed by atoms with Gasteiger partial charge in [-0.3, -0.25) is 0 Å². The summed E-state index contributed by atoms with van der Waals surface area (Å²) in [6, 6.07) is 44.0. The van der Waals surface area contributed by atoms with E-state index in [-0.39, 0.29) is 6.71 Å². The van der Waals surface area contributed by atoms with E-state index in [0.29, 0.717) is 0 Å². The van der Waals surface area contributed by atoms with E-state index in [2.05, 4.69) is 150 Å². The van der Waals surface area contributed by atoms with Gasteiger partial charge in [0.2, 0.25) is 0 Å². The highest BCUT2D eigenvalue weighted by molar-refractivity contribution is 7.00. The Bertz CT molecular complexity index is 1470. The molecule has 0 bridgehead atoms. The molecule has 0 aliphatic carbocycles. The van der Waals surface area contributed by atoms with Crippen LogP contribution in [0.5, 0.6) is 0 Å². The molecule has 2 heterocycles. The van der Waals surface area contributed by atoms with Crippen LogP contribution in [0, 0.1) is 0 Å². The van der Waals surface area contributed by atoms with Gasteiger partial charge in [-0.15, -0.1) is 0 Å². The Balaban J connectivity index is 1.62. The van der Waals surface area contributed by atoms with Crippen LogP contribution >= 0.6 is 0 Å². The van der Waals surface area contributed by atoms with E-state index < -0.39 is 0 Å². The Morgan fingerprint density at radius 2 is 0.917 bits per heavy atom. The smallest absolute Gasteiger partial charge is 0.252 e. The number of hydrogen-bond donors (Lipinski definition) is 0. The van der Waals surface area contributed by atoms with Crippen molar-refractivity contribution in [3.05, 3.63) is 121 Å². The molecule has 5 aromatic rings. The third kappa shape index (κ3) is 3.01. The quantitative estimate of drug-likeness (QED) is 0.305. The molecule has 2 aliphatic heterocycles. The molecule has 0 spiro atoms. The Kier molecular flexibility index (Phi) is 4.68. The zero-order valence-corrected chi connectivity index (χ0v) is 20.5. The molecule has 0 atom stereocenters. The highest BCUT2D eigenvalue weighted by Crippen LogP contribution is 2.45. The van der Waals surface area contributed by atoms with Gasteiger partial charge in [0.25, 0.3) is 6.71 Å². The molecule has 0 amide bonds. The molecule has 0 unspecified atom stereocenters. The summed E-state index contributed by atoms with van der Waals surface area (Å²) < 4.78 is 0. The van der Waals surface area contributed by atoms with E-state index in [9.17, 15) is 0 Å². The Morgan fingerprint density at radius 1 is 0.500 bits per heavy atom. The van der Waals surface area contributed by atoms with E-state index in [1.54, 1.807) is 0 Å². The van der Waals surface area contributed by atoms with Gasteiger partial charge >= 0.3 is 0 Å². The standard InChI is InChI=1S/C32H26BN3/c1-34(2)25-21-30-32-31(22-25)36(24-15-7-4-8-16-24)29-20-12-10-18-27(29)33(32)26-17-9-11-19-28(26)35(30)23-13-5-3-6-14-23/h3-22H,1-2H3. The van der Waals surface area contributed by atoms with Gasteiger partial charge in [0.05, 0.1) is 0 Å². The Hall–Kier alpha value is -4.44. The number of fused-ring (bicyclic) bond motifs is 4. The molecule has 0 aromatic heterocycles. The first-order valence-electron chi connectivity index (χ1n) is 12.5. The van der Waals surface area contributed by atoms with Crippen molar-refractivity contribution in [2.45, 2.75) is 0 Å². The lowest BCUT2D eigenvalue weighted by Crippen LogP contribution is -2.61. The summed E-state index contributed by atoms with van der Waals surface area (Å²) in [5.41, 5.74) is 12.5. The lowest BCUT2D eigenvalue weighted by atomic mass is 9.33. The minimum absolute atomic E-state index is 0.165. The van der Waals surface area contributed by atoms with E-state index in [0.717, 1.165) is 0 Å². The number of rotatable bonds is 3. The van der Waals surface area contributed by atoms with Gasteiger partial charge in [-0.1, -0.05) is 72.8 Å². The summed E-state index contributed by atoms with van der Waals surface area (Å²) in [6.07, 6.45) is 0. The molecule has 7 rings (SSSR count). The van der Waals surface area contributed by atoms with Crippen molar-refractivity contribution in [2.24, 2.45) is 0 Å². The molecule has 0 saturated heterocycles. The Morgan fingerprint density at radius 3 is 1.36 bits per heavy atom. The molecule has 0 radical (unpaired) electrons. The molecule has 0 fully saturated rings. The zero-order chi connectivity index (χ0) is 24.2. The maximum absolute atomic E-state index is 2.44. The van der Waals surface area contributed by atoms with Crippen molar-refractivity contribution in [1.29, 1.82) is 0 Å². The average Bonchev–Trinajstić information content (AvgIpc) is 2.93. The summed E-state index contributed by atoms with van der Waals surface area (Å²) in [6.45, 7) is 0.165. The second-order valence-electron chi connectivity index (χ2n) is 9.68. The van der Waals surface area contributed by atoms with E-state index >= 15 is 0 Å². The van der Waals surface area contributed by atoms with Gasteiger partial charge in [0.1, 0.15) is 0 Å². The summed E-state index contributed by atoms with van der Waals surface area (Å²) in [7, 11) is 4.25. The van der Waals surface area contributed by atoms with Crippen LogP contribution < -0.4 is 31.1 Å².